The maximum absolute atomic E-state index is 13.1. The molecule has 0 radical (unpaired) electrons. The van der Waals surface area contributed by atoms with Gasteiger partial charge >= 0.3 is 0 Å². The molecule has 0 atom stereocenters. The first kappa shape index (κ1) is 16.5. The summed E-state index contributed by atoms with van der Waals surface area (Å²) in [7, 11) is 0. The first-order chi connectivity index (χ1) is 12.6. The van der Waals surface area contributed by atoms with Crippen molar-refractivity contribution in [2.75, 3.05) is 5.32 Å². The number of carbonyl (C=O) groups is 2. The van der Waals surface area contributed by atoms with E-state index in [9.17, 15) is 14.0 Å². The van der Waals surface area contributed by atoms with Gasteiger partial charge in [0.2, 0.25) is 5.13 Å². The van der Waals surface area contributed by atoms with Gasteiger partial charge in [0.25, 0.3) is 5.91 Å². The van der Waals surface area contributed by atoms with Crippen LogP contribution >= 0.6 is 11.3 Å². The number of ketones is 1. The normalized spacial score (nSPS) is 13.4. The highest BCUT2D eigenvalue weighted by molar-refractivity contribution is 7.15. The van der Waals surface area contributed by atoms with Gasteiger partial charge in [0.1, 0.15) is 10.8 Å². The lowest BCUT2D eigenvalue weighted by Crippen LogP contribution is -2.16. The van der Waals surface area contributed by atoms with Crippen LogP contribution in [0.2, 0.25) is 0 Å². The molecular weight excluding hydrogens is 353 g/mol. The molecule has 1 aromatic heterocycles. The van der Waals surface area contributed by atoms with E-state index < -0.39 is 11.7 Å². The lowest BCUT2D eigenvalue weighted by Gasteiger charge is -2.08. The molecule has 0 unspecified atom stereocenters. The van der Waals surface area contributed by atoms with Crippen LogP contribution in [0, 0.1) is 5.82 Å². The van der Waals surface area contributed by atoms with Gasteiger partial charge in [-0.25, -0.2) is 4.39 Å². The molecule has 0 bridgehead atoms. The number of carbonyl (C=O) groups excluding carboxylic acids is 2. The number of rotatable bonds is 5. The number of nitrogens with one attached hydrogen (secondary N) is 1. The van der Waals surface area contributed by atoms with E-state index >= 15 is 0 Å². The van der Waals surface area contributed by atoms with E-state index in [4.69, 9.17) is 0 Å². The Morgan fingerprint density at radius 2 is 1.69 bits per heavy atom. The Morgan fingerprint density at radius 1 is 1.00 bits per heavy atom. The number of aromatic nitrogens is 2. The number of hydrogen-bond acceptors (Lipinski definition) is 5. The third kappa shape index (κ3) is 3.39. The molecule has 0 saturated heterocycles. The fourth-order valence-electron chi connectivity index (χ4n) is 2.58. The zero-order valence-corrected chi connectivity index (χ0v) is 14.4. The summed E-state index contributed by atoms with van der Waals surface area (Å²) in [5.41, 5.74) is 0.812. The summed E-state index contributed by atoms with van der Waals surface area (Å²) in [5.74, 6) is -0.720. The molecule has 1 amide bonds. The van der Waals surface area contributed by atoms with Crippen molar-refractivity contribution in [3.05, 3.63) is 76.0 Å². The number of amides is 1. The third-order valence-corrected chi connectivity index (χ3v) is 5.11. The molecule has 1 heterocycles. The molecule has 0 spiro atoms. The first-order valence-electron chi connectivity index (χ1n) is 8.16. The van der Waals surface area contributed by atoms with Crippen molar-refractivity contribution in [3.8, 4) is 0 Å². The maximum atomic E-state index is 13.1. The molecule has 1 N–H and O–H groups in total. The highest BCUT2D eigenvalue weighted by Crippen LogP contribution is 2.42. The second-order valence-corrected chi connectivity index (χ2v) is 7.06. The second-order valence-electron chi connectivity index (χ2n) is 6.06. The first-order valence-corrected chi connectivity index (χ1v) is 8.97. The average Bonchev–Trinajstić information content (AvgIpc) is 3.41. The van der Waals surface area contributed by atoms with E-state index in [1.165, 1.54) is 35.6 Å². The van der Waals surface area contributed by atoms with Crippen LogP contribution < -0.4 is 5.32 Å². The molecule has 2 aromatic carbocycles. The number of halogens is 1. The topological polar surface area (TPSA) is 72.0 Å². The van der Waals surface area contributed by atoms with Gasteiger partial charge in [-0.3, -0.25) is 14.9 Å². The molecule has 7 heteroatoms. The number of hydrogen-bond donors (Lipinski definition) is 1. The van der Waals surface area contributed by atoms with Crippen molar-refractivity contribution in [1.29, 1.82) is 0 Å². The summed E-state index contributed by atoms with van der Waals surface area (Å²) >= 11 is 1.36. The van der Waals surface area contributed by atoms with Gasteiger partial charge in [-0.1, -0.05) is 29.5 Å². The number of benzene rings is 2. The second kappa shape index (κ2) is 6.76. The predicted octanol–water partition coefficient (Wildman–Crippen LogP) is 4.04. The van der Waals surface area contributed by atoms with Gasteiger partial charge in [-0.2, -0.15) is 0 Å². The molecular formula is C19H14FN3O2S. The molecule has 3 aromatic rings. The molecule has 4 rings (SSSR count). The molecule has 1 aliphatic rings. The lowest BCUT2D eigenvalue weighted by atomic mass is 9.98. The fraction of sp³-hybridized carbons (Fsp3) is 0.158. The van der Waals surface area contributed by atoms with Gasteiger partial charge in [0, 0.05) is 17.0 Å². The number of anilines is 1. The largest absolute Gasteiger partial charge is 0.296 e. The molecule has 1 saturated carbocycles. The van der Waals surface area contributed by atoms with Crippen molar-refractivity contribution in [3.63, 3.8) is 0 Å². The van der Waals surface area contributed by atoms with Crippen LogP contribution in [0.25, 0.3) is 0 Å². The zero-order chi connectivity index (χ0) is 18.1. The number of nitrogens with zero attached hydrogens (tertiary/aromatic N) is 2. The van der Waals surface area contributed by atoms with E-state index in [1.807, 2.05) is 0 Å². The molecule has 1 fully saturated rings. The van der Waals surface area contributed by atoms with E-state index in [0.29, 0.717) is 16.6 Å². The minimum atomic E-state index is -0.422. The summed E-state index contributed by atoms with van der Waals surface area (Å²) in [6.45, 7) is 0. The average molecular weight is 367 g/mol. The predicted molar refractivity (Wildman–Crippen MR) is 96.1 cm³/mol. The van der Waals surface area contributed by atoms with Crippen LogP contribution in [0.4, 0.5) is 9.52 Å². The maximum Gasteiger partial charge on any atom is 0.258 e. The molecule has 26 heavy (non-hydrogen) atoms. The van der Waals surface area contributed by atoms with Crippen LogP contribution in [-0.2, 0) is 0 Å². The summed E-state index contributed by atoms with van der Waals surface area (Å²) in [4.78, 5) is 25.3. The SMILES string of the molecule is O=C(Nc1nnc(C2CC2)s1)c1ccccc1C(=O)c1ccc(F)cc1. The Bertz CT molecular complexity index is 980. The minimum Gasteiger partial charge on any atom is -0.296 e. The Balaban J connectivity index is 1.58. The van der Waals surface area contributed by atoms with Crippen LogP contribution in [0.3, 0.4) is 0 Å². The van der Waals surface area contributed by atoms with Crippen molar-refractivity contribution < 1.29 is 14.0 Å². The molecule has 130 valence electrons. The highest BCUT2D eigenvalue weighted by atomic mass is 32.1. The Labute approximate surface area is 152 Å². The summed E-state index contributed by atoms with van der Waals surface area (Å²) in [6.07, 6.45) is 2.22. The third-order valence-electron chi connectivity index (χ3n) is 4.11. The summed E-state index contributed by atoms with van der Waals surface area (Å²) < 4.78 is 13.1. The quantitative estimate of drug-likeness (QED) is 0.691. The molecule has 1 aliphatic carbocycles. The fourth-order valence-corrected chi connectivity index (χ4v) is 3.49. The smallest absolute Gasteiger partial charge is 0.258 e. The van der Waals surface area contributed by atoms with E-state index in [-0.39, 0.29) is 16.9 Å². The molecule has 5 nitrogen and oxygen atoms in total. The van der Waals surface area contributed by atoms with E-state index in [1.54, 1.807) is 24.3 Å². The van der Waals surface area contributed by atoms with E-state index in [0.717, 1.165) is 17.8 Å². The van der Waals surface area contributed by atoms with Gasteiger partial charge in [0.15, 0.2) is 5.78 Å². The monoisotopic (exact) mass is 367 g/mol. The van der Waals surface area contributed by atoms with Crippen LogP contribution in [0.5, 0.6) is 0 Å². The summed E-state index contributed by atoms with van der Waals surface area (Å²) in [6, 6.07) is 11.8. The van der Waals surface area contributed by atoms with Crippen molar-refractivity contribution >= 4 is 28.2 Å². The highest BCUT2D eigenvalue weighted by Gasteiger charge is 2.28. The van der Waals surface area contributed by atoms with E-state index in [2.05, 4.69) is 15.5 Å². The lowest BCUT2D eigenvalue weighted by molar-refractivity contribution is 0.0996. The van der Waals surface area contributed by atoms with Crippen molar-refractivity contribution in [2.45, 2.75) is 18.8 Å². The van der Waals surface area contributed by atoms with Gasteiger partial charge < -0.3 is 0 Å². The summed E-state index contributed by atoms with van der Waals surface area (Å²) in [5, 5.41) is 12.1. The minimum absolute atomic E-state index is 0.241. The Hall–Kier alpha value is -2.93. The Morgan fingerprint density at radius 3 is 2.38 bits per heavy atom. The van der Waals surface area contributed by atoms with Crippen LogP contribution in [0.1, 0.15) is 50.0 Å². The van der Waals surface area contributed by atoms with Crippen LogP contribution in [-0.4, -0.2) is 21.9 Å². The molecule has 0 aliphatic heterocycles. The Kier molecular flexibility index (Phi) is 4.30. The van der Waals surface area contributed by atoms with Crippen LogP contribution in [0.15, 0.2) is 48.5 Å². The van der Waals surface area contributed by atoms with Gasteiger partial charge in [0.05, 0.1) is 5.56 Å². The van der Waals surface area contributed by atoms with Crippen molar-refractivity contribution in [1.82, 2.24) is 10.2 Å². The van der Waals surface area contributed by atoms with Gasteiger partial charge in [-0.05, 0) is 43.2 Å². The zero-order valence-electron chi connectivity index (χ0n) is 13.6. The standard InChI is InChI=1S/C19H14FN3O2S/c20-13-9-7-11(8-10-13)16(24)14-3-1-2-4-15(14)17(25)21-19-23-22-18(26-19)12-5-6-12/h1-4,7-10,12H,5-6H2,(H,21,23,25). The van der Waals surface area contributed by atoms with Crippen molar-refractivity contribution in [2.24, 2.45) is 0 Å². The van der Waals surface area contributed by atoms with Gasteiger partial charge in [-0.15, -0.1) is 10.2 Å².